The number of hydrogen-bond acceptors (Lipinski definition) is 3. The molecule has 1 aliphatic heterocycles. The number of ether oxygens (including phenoxy) is 1. The van der Waals surface area contributed by atoms with Crippen LogP contribution in [0.3, 0.4) is 0 Å². The molecule has 1 atom stereocenters. The first-order valence-electron chi connectivity index (χ1n) is 10.2. The highest BCUT2D eigenvalue weighted by Crippen LogP contribution is 2.22. The second-order valence-corrected chi connectivity index (χ2v) is 7.37. The average molecular weight is 404 g/mol. The van der Waals surface area contributed by atoms with Gasteiger partial charge in [0.15, 0.2) is 0 Å². The molecule has 0 spiro atoms. The van der Waals surface area contributed by atoms with E-state index in [1.54, 1.807) is 12.1 Å². The largest absolute Gasteiger partial charge is 0.379 e. The average Bonchev–Trinajstić information content (AvgIpc) is 2.81. The standard InChI is InChI=1S/C25H25FN2O2/c26-23-12-10-21(11-13-23)24(28-14-16-30-17-15-28)18-27-25(29)22-8-6-20(7-9-22)19-4-2-1-3-5-19/h1-13,24H,14-18H2,(H,27,29)/t24-/m0/s1. The van der Waals surface area contributed by atoms with Gasteiger partial charge < -0.3 is 10.1 Å². The predicted octanol–water partition coefficient (Wildman–Crippen LogP) is 4.30. The zero-order valence-electron chi connectivity index (χ0n) is 16.8. The van der Waals surface area contributed by atoms with Crippen molar-refractivity contribution >= 4 is 5.91 Å². The molecule has 0 saturated carbocycles. The van der Waals surface area contributed by atoms with Crippen LogP contribution in [0.2, 0.25) is 0 Å². The van der Waals surface area contributed by atoms with E-state index in [9.17, 15) is 9.18 Å². The monoisotopic (exact) mass is 404 g/mol. The molecular formula is C25H25FN2O2. The summed E-state index contributed by atoms with van der Waals surface area (Å²) in [6.45, 7) is 3.33. The normalized spacial score (nSPS) is 15.5. The van der Waals surface area contributed by atoms with Crippen LogP contribution in [0.25, 0.3) is 11.1 Å². The SMILES string of the molecule is O=C(NC[C@@H](c1ccc(F)cc1)N1CCOCC1)c1ccc(-c2ccccc2)cc1. The molecular weight excluding hydrogens is 379 g/mol. The van der Waals surface area contributed by atoms with Gasteiger partial charge in [0, 0.05) is 25.2 Å². The van der Waals surface area contributed by atoms with Crippen LogP contribution in [0.15, 0.2) is 78.9 Å². The molecule has 1 fully saturated rings. The number of amides is 1. The summed E-state index contributed by atoms with van der Waals surface area (Å²) in [5.41, 5.74) is 3.80. The van der Waals surface area contributed by atoms with Gasteiger partial charge in [-0.25, -0.2) is 4.39 Å². The van der Waals surface area contributed by atoms with Gasteiger partial charge >= 0.3 is 0 Å². The molecule has 1 amide bonds. The third-order valence-electron chi connectivity index (χ3n) is 5.45. The van der Waals surface area contributed by atoms with Gasteiger partial charge in [0.25, 0.3) is 5.91 Å². The van der Waals surface area contributed by atoms with E-state index in [1.165, 1.54) is 12.1 Å². The minimum absolute atomic E-state index is 0.0259. The Labute approximate surface area is 176 Å². The van der Waals surface area contributed by atoms with Gasteiger partial charge in [-0.2, -0.15) is 0 Å². The summed E-state index contributed by atoms with van der Waals surface area (Å²) < 4.78 is 18.8. The highest BCUT2D eigenvalue weighted by Gasteiger charge is 2.23. The van der Waals surface area contributed by atoms with Crippen LogP contribution in [0.1, 0.15) is 22.0 Å². The molecule has 4 rings (SSSR count). The van der Waals surface area contributed by atoms with Crippen LogP contribution in [0, 0.1) is 5.82 Å². The van der Waals surface area contributed by atoms with Crippen molar-refractivity contribution in [1.29, 1.82) is 0 Å². The number of carbonyl (C=O) groups is 1. The van der Waals surface area contributed by atoms with Crippen molar-refractivity contribution in [3.8, 4) is 11.1 Å². The molecule has 3 aromatic rings. The van der Waals surface area contributed by atoms with Crippen LogP contribution in [-0.4, -0.2) is 43.7 Å². The molecule has 0 aromatic heterocycles. The Morgan fingerprint density at radius 3 is 2.20 bits per heavy atom. The zero-order valence-corrected chi connectivity index (χ0v) is 16.8. The molecule has 4 nitrogen and oxygen atoms in total. The fourth-order valence-electron chi connectivity index (χ4n) is 3.77. The quantitative estimate of drug-likeness (QED) is 0.666. The van der Waals surface area contributed by atoms with E-state index in [1.807, 2.05) is 54.6 Å². The first kappa shape index (κ1) is 20.3. The summed E-state index contributed by atoms with van der Waals surface area (Å²) in [4.78, 5) is 15.0. The van der Waals surface area contributed by atoms with Gasteiger partial charge in [-0.1, -0.05) is 54.6 Å². The summed E-state index contributed by atoms with van der Waals surface area (Å²) >= 11 is 0. The Kier molecular flexibility index (Phi) is 6.52. The van der Waals surface area contributed by atoms with Crippen molar-refractivity contribution in [2.75, 3.05) is 32.8 Å². The second kappa shape index (κ2) is 9.65. The lowest BCUT2D eigenvalue weighted by atomic mass is 10.0. The first-order chi connectivity index (χ1) is 14.7. The lowest BCUT2D eigenvalue weighted by Crippen LogP contribution is -2.43. The van der Waals surface area contributed by atoms with E-state index in [0.717, 1.165) is 29.8 Å². The molecule has 1 saturated heterocycles. The summed E-state index contributed by atoms with van der Waals surface area (Å²) in [7, 11) is 0. The van der Waals surface area contributed by atoms with E-state index in [4.69, 9.17) is 4.74 Å². The van der Waals surface area contributed by atoms with Gasteiger partial charge in [-0.05, 0) is 41.0 Å². The van der Waals surface area contributed by atoms with E-state index in [2.05, 4.69) is 10.2 Å². The minimum atomic E-state index is -0.262. The molecule has 0 aliphatic carbocycles. The second-order valence-electron chi connectivity index (χ2n) is 7.37. The molecule has 1 heterocycles. The fraction of sp³-hybridized carbons (Fsp3) is 0.240. The van der Waals surface area contributed by atoms with Crippen molar-refractivity contribution in [2.45, 2.75) is 6.04 Å². The lowest BCUT2D eigenvalue weighted by molar-refractivity contribution is 0.0162. The van der Waals surface area contributed by atoms with Gasteiger partial charge in [-0.3, -0.25) is 9.69 Å². The predicted molar refractivity (Wildman–Crippen MR) is 116 cm³/mol. The van der Waals surface area contributed by atoms with Gasteiger partial charge in [0.2, 0.25) is 0 Å². The molecule has 0 unspecified atom stereocenters. The Balaban J connectivity index is 1.44. The lowest BCUT2D eigenvalue weighted by Gasteiger charge is -2.35. The van der Waals surface area contributed by atoms with Crippen LogP contribution >= 0.6 is 0 Å². The van der Waals surface area contributed by atoms with E-state index < -0.39 is 0 Å². The van der Waals surface area contributed by atoms with Gasteiger partial charge in [0.1, 0.15) is 5.82 Å². The molecule has 0 radical (unpaired) electrons. The van der Waals surface area contributed by atoms with Crippen LogP contribution < -0.4 is 5.32 Å². The van der Waals surface area contributed by atoms with E-state index in [-0.39, 0.29) is 17.8 Å². The molecule has 3 aromatic carbocycles. The molecule has 1 aliphatic rings. The molecule has 0 bridgehead atoms. The maximum atomic E-state index is 13.4. The first-order valence-corrected chi connectivity index (χ1v) is 10.2. The van der Waals surface area contributed by atoms with Gasteiger partial charge in [-0.15, -0.1) is 0 Å². The number of nitrogens with zero attached hydrogens (tertiary/aromatic N) is 1. The van der Waals surface area contributed by atoms with Crippen molar-refractivity contribution in [2.24, 2.45) is 0 Å². The molecule has 5 heteroatoms. The number of benzene rings is 3. The number of rotatable bonds is 6. The molecule has 30 heavy (non-hydrogen) atoms. The third kappa shape index (κ3) is 4.93. The maximum Gasteiger partial charge on any atom is 0.251 e. The number of carbonyl (C=O) groups excluding carboxylic acids is 1. The number of morpholine rings is 1. The number of halogens is 1. The maximum absolute atomic E-state index is 13.4. The number of hydrogen-bond donors (Lipinski definition) is 1. The fourth-order valence-corrected chi connectivity index (χ4v) is 3.77. The Morgan fingerprint density at radius 1 is 0.900 bits per heavy atom. The summed E-state index contributed by atoms with van der Waals surface area (Å²) in [5, 5.41) is 3.05. The van der Waals surface area contributed by atoms with Crippen molar-refractivity contribution in [3.05, 3.63) is 95.8 Å². The topological polar surface area (TPSA) is 41.6 Å². The number of nitrogens with one attached hydrogen (secondary N) is 1. The van der Waals surface area contributed by atoms with Gasteiger partial charge in [0.05, 0.1) is 19.3 Å². The summed E-state index contributed by atoms with van der Waals surface area (Å²) in [5.74, 6) is -0.378. The minimum Gasteiger partial charge on any atom is -0.379 e. The highest BCUT2D eigenvalue weighted by atomic mass is 19.1. The van der Waals surface area contributed by atoms with Crippen LogP contribution in [0.4, 0.5) is 4.39 Å². The molecule has 1 N–H and O–H groups in total. The van der Waals surface area contributed by atoms with Crippen molar-refractivity contribution in [1.82, 2.24) is 10.2 Å². The smallest absolute Gasteiger partial charge is 0.251 e. The van der Waals surface area contributed by atoms with Crippen LogP contribution in [0.5, 0.6) is 0 Å². The summed E-state index contributed by atoms with van der Waals surface area (Å²) in [6.07, 6.45) is 0. The Morgan fingerprint density at radius 2 is 1.53 bits per heavy atom. The van der Waals surface area contributed by atoms with Crippen molar-refractivity contribution < 1.29 is 13.9 Å². The third-order valence-corrected chi connectivity index (χ3v) is 5.45. The Hall–Kier alpha value is -3.02. The molecule has 154 valence electrons. The van der Waals surface area contributed by atoms with E-state index >= 15 is 0 Å². The highest BCUT2D eigenvalue weighted by molar-refractivity contribution is 5.94. The van der Waals surface area contributed by atoms with Crippen molar-refractivity contribution in [3.63, 3.8) is 0 Å². The Bertz CT molecular complexity index is 953. The zero-order chi connectivity index (χ0) is 20.8. The van der Waals surface area contributed by atoms with E-state index in [0.29, 0.717) is 25.3 Å². The van der Waals surface area contributed by atoms with Crippen LogP contribution in [-0.2, 0) is 4.74 Å². The summed E-state index contributed by atoms with van der Waals surface area (Å²) in [6, 6.07) is 24.2.